The van der Waals surface area contributed by atoms with Crippen LogP contribution in [0.25, 0.3) is 0 Å². The first kappa shape index (κ1) is 14.9. The molecule has 108 valence electrons. The van der Waals surface area contributed by atoms with Gasteiger partial charge in [0.1, 0.15) is 0 Å². The minimum Gasteiger partial charge on any atom is -0.358 e. The van der Waals surface area contributed by atoms with Crippen molar-refractivity contribution in [3.8, 4) is 0 Å². The fourth-order valence-electron chi connectivity index (χ4n) is 1.59. The molecule has 0 bridgehead atoms. The number of nitro groups is 1. The van der Waals surface area contributed by atoms with Gasteiger partial charge in [0, 0.05) is 22.0 Å². The Morgan fingerprint density at radius 1 is 1.55 bits per heavy atom. The molecule has 20 heavy (non-hydrogen) atoms. The average Bonchev–Trinajstić information content (AvgIpc) is 2.91. The molecule has 0 saturated carbocycles. The van der Waals surface area contributed by atoms with Gasteiger partial charge in [-0.1, -0.05) is 0 Å². The molecule has 0 radical (unpaired) electrons. The van der Waals surface area contributed by atoms with E-state index in [9.17, 15) is 18.5 Å². The van der Waals surface area contributed by atoms with Crippen LogP contribution in [0.5, 0.6) is 0 Å². The molecule has 0 aliphatic carbocycles. The van der Waals surface area contributed by atoms with E-state index in [0.717, 1.165) is 16.8 Å². The average molecular weight is 337 g/mol. The highest BCUT2D eigenvalue weighted by molar-refractivity contribution is 8.13. The van der Waals surface area contributed by atoms with Crippen molar-refractivity contribution in [3.05, 3.63) is 32.4 Å². The highest BCUT2D eigenvalue weighted by Crippen LogP contribution is 2.25. The number of hydrogen-bond acceptors (Lipinski definition) is 7. The summed E-state index contributed by atoms with van der Waals surface area (Å²) in [4.78, 5) is 14.4. The third-order valence-corrected chi connectivity index (χ3v) is 4.87. The van der Waals surface area contributed by atoms with E-state index in [1.807, 2.05) is 6.92 Å². The molecule has 0 fully saturated rings. The summed E-state index contributed by atoms with van der Waals surface area (Å²) in [6.07, 6.45) is 1.62. The van der Waals surface area contributed by atoms with Crippen LogP contribution in [0.2, 0.25) is 0 Å². The number of thiazole rings is 1. The Morgan fingerprint density at radius 3 is 2.70 bits per heavy atom. The molecule has 0 atom stereocenters. The van der Waals surface area contributed by atoms with Crippen molar-refractivity contribution >= 4 is 36.9 Å². The summed E-state index contributed by atoms with van der Waals surface area (Å²) in [5.41, 5.74) is 2.58. The number of aryl methyl sites for hydroxylation is 3. The van der Waals surface area contributed by atoms with Gasteiger partial charge in [-0.05, 0) is 11.8 Å². The Morgan fingerprint density at radius 2 is 2.25 bits per heavy atom. The Kier molecular flexibility index (Phi) is 4.06. The lowest BCUT2D eigenvalue weighted by molar-refractivity contribution is -0.392. The van der Waals surface area contributed by atoms with E-state index in [0.29, 0.717) is 13.0 Å². The molecule has 2 aromatic heterocycles. The highest BCUT2D eigenvalue weighted by atomic mass is 35.7. The maximum atomic E-state index is 11.3. The van der Waals surface area contributed by atoms with E-state index in [2.05, 4.69) is 10.1 Å². The lowest BCUT2D eigenvalue weighted by Crippen LogP contribution is -2.02. The van der Waals surface area contributed by atoms with Gasteiger partial charge in [-0.25, -0.2) is 13.4 Å². The van der Waals surface area contributed by atoms with Gasteiger partial charge in [0.2, 0.25) is 4.90 Å². The van der Waals surface area contributed by atoms with Crippen LogP contribution < -0.4 is 0 Å². The Hall–Kier alpha value is -1.52. The third-order valence-electron chi connectivity index (χ3n) is 2.56. The summed E-state index contributed by atoms with van der Waals surface area (Å²) < 4.78 is 23.7. The van der Waals surface area contributed by atoms with Crippen molar-refractivity contribution in [2.45, 2.75) is 24.8 Å². The van der Waals surface area contributed by atoms with Gasteiger partial charge >= 0.3 is 5.82 Å². The molecule has 11 heteroatoms. The van der Waals surface area contributed by atoms with E-state index >= 15 is 0 Å². The molecule has 0 aliphatic heterocycles. The molecule has 0 N–H and O–H groups in total. The maximum Gasteiger partial charge on any atom is 0.410 e. The van der Waals surface area contributed by atoms with Crippen molar-refractivity contribution in [2.75, 3.05) is 0 Å². The first-order valence-electron chi connectivity index (χ1n) is 5.34. The van der Waals surface area contributed by atoms with Crippen LogP contribution in [0.1, 0.15) is 10.6 Å². The molecule has 0 amide bonds. The summed E-state index contributed by atoms with van der Waals surface area (Å²) in [5, 5.41) is 14.4. The van der Waals surface area contributed by atoms with E-state index in [-0.39, 0.29) is 0 Å². The Labute approximate surface area is 122 Å². The van der Waals surface area contributed by atoms with E-state index in [1.54, 1.807) is 5.51 Å². The summed E-state index contributed by atoms with van der Waals surface area (Å²) in [5.74, 6) is -0.763. The molecular formula is C9H9ClN4O4S2. The fourth-order valence-corrected chi connectivity index (χ4v) is 3.27. The van der Waals surface area contributed by atoms with Crippen molar-refractivity contribution in [2.24, 2.45) is 0 Å². The predicted octanol–water partition coefficient (Wildman–Crippen LogP) is 1.73. The number of rotatable bonds is 5. The lowest BCUT2D eigenvalue weighted by atomic mass is 10.3. The van der Waals surface area contributed by atoms with Crippen LogP contribution in [0.15, 0.2) is 16.6 Å². The van der Waals surface area contributed by atoms with Crippen LogP contribution in [0, 0.1) is 17.0 Å². The summed E-state index contributed by atoms with van der Waals surface area (Å²) in [6, 6.07) is 0. The zero-order valence-electron chi connectivity index (χ0n) is 10.2. The number of nitrogens with zero attached hydrogens (tertiary/aromatic N) is 4. The first-order chi connectivity index (χ1) is 9.29. The van der Waals surface area contributed by atoms with Crippen LogP contribution in [0.3, 0.4) is 0 Å². The van der Waals surface area contributed by atoms with Gasteiger partial charge in [0.25, 0.3) is 9.05 Å². The Bertz CT molecular complexity index is 752. The number of aromatic nitrogens is 3. The van der Waals surface area contributed by atoms with Gasteiger partial charge in [-0.3, -0.25) is 0 Å². The summed E-state index contributed by atoms with van der Waals surface area (Å²) in [6.45, 7) is 2.16. The van der Waals surface area contributed by atoms with Gasteiger partial charge < -0.3 is 10.1 Å². The van der Waals surface area contributed by atoms with Gasteiger partial charge in [-0.2, -0.15) is 4.68 Å². The molecule has 0 aromatic carbocycles. The van der Waals surface area contributed by atoms with E-state index in [1.165, 1.54) is 16.0 Å². The predicted molar refractivity (Wildman–Crippen MR) is 72.5 cm³/mol. The third kappa shape index (κ3) is 3.14. The largest absolute Gasteiger partial charge is 0.410 e. The van der Waals surface area contributed by atoms with Crippen LogP contribution in [0.4, 0.5) is 5.82 Å². The molecule has 8 nitrogen and oxygen atoms in total. The molecule has 2 rings (SSSR count). The molecule has 0 saturated heterocycles. The monoisotopic (exact) mass is 336 g/mol. The normalized spacial score (nSPS) is 11.7. The molecular weight excluding hydrogens is 328 g/mol. The van der Waals surface area contributed by atoms with Crippen molar-refractivity contribution in [1.82, 2.24) is 14.8 Å². The zero-order chi connectivity index (χ0) is 14.9. The molecule has 0 unspecified atom stereocenters. The van der Waals surface area contributed by atoms with E-state index in [4.69, 9.17) is 10.7 Å². The van der Waals surface area contributed by atoms with Gasteiger partial charge in [0.15, 0.2) is 0 Å². The standard InChI is InChI=1S/C9H9ClN4O4S2/c1-6-7(19-5-11-6)2-3-13-4-8(20(10,17)18)9(12-13)14(15)16/h4-5H,2-3H2,1H3. The second kappa shape index (κ2) is 5.46. The molecule has 2 aromatic rings. The molecule has 0 spiro atoms. The topological polar surface area (TPSA) is 108 Å². The maximum absolute atomic E-state index is 11.3. The zero-order valence-corrected chi connectivity index (χ0v) is 12.6. The minimum absolute atomic E-state index is 0.302. The second-order valence-corrected chi connectivity index (χ2v) is 7.36. The second-order valence-electron chi connectivity index (χ2n) is 3.89. The van der Waals surface area contributed by atoms with Crippen LogP contribution in [-0.4, -0.2) is 28.1 Å². The van der Waals surface area contributed by atoms with Crippen LogP contribution in [-0.2, 0) is 22.0 Å². The van der Waals surface area contributed by atoms with Crippen molar-refractivity contribution in [3.63, 3.8) is 0 Å². The van der Waals surface area contributed by atoms with Crippen molar-refractivity contribution < 1.29 is 13.3 Å². The summed E-state index contributed by atoms with van der Waals surface area (Å²) >= 11 is 1.46. The van der Waals surface area contributed by atoms with Crippen molar-refractivity contribution in [1.29, 1.82) is 0 Å². The van der Waals surface area contributed by atoms with E-state index < -0.39 is 24.7 Å². The lowest BCUT2D eigenvalue weighted by Gasteiger charge is -1.96. The SMILES string of the molecule is Cc1ncsc1CCn1cc(S(=O)(=O)Cl)c([N+](=O)[O-])n1. The number of hydrogen-bond donors (Lipinski definition) is 0. The molecule has 0 aliphatic rings. The minimum atomic E-state index is -4.20. The van der Waals surface area contributed by atoms with Crippen LogP contribution >= 0.6 is 22.0 Å². The van der Waals surface area contributed by atoms with Gasteiger partial charge in [0.05, 0.1) is 29.0 Å². The fraction of sp³-hybridized carbons (Fsp3) is 0.333. The summed E-state index contributed by atoms with van der Waals surface area (Å²) in [7, 11) is 0.952. The molecule has 2 heterocycles. The Balaban J connectivity index is 2.26. The highest BCUT2D eigenvalue weighted by Gasteiger charge is 2.29. The number of halogens is 1. The smallest absolute Gasteiger partial charge is 0.358 e. The van der Waals surface area contributed by atoms with Gasteiger partial charge in [-0.15, -0.1) is 11.3 Å². The quantitative estimate of drug-likeness (QED) is 0.467. The first-order valence-corrected chi connectivity index (χ1v) is 8.53.